The van der Waals surface area contributed by atoms with Gasteiger partial charge in [0.25, 0.3) is 0 Å². The Morgan fingerprint density at radius 3 is 1.64 bits per heavy atom. The van der Waals surface area contributed by atoms with Gasteiger partial charge in [-0.15, -0.1) is 0 Å². The summed E-state index contributed by atoms with van der Waals surface area (Å²) in [4.78, 5) is 4.70. The van der Waals surface area contributed by atoms with E-state index in [0.29, 0.717) is 0 Å². The number of hydrogen-bond donors (Lipinski definition) is 0. The zero-order valence-corrected chi connectivity index (χ0v) is 31.6. The first-order valence-corrected chi connectivity index (χ1v) is 19.7. The van der Waals surface area contributed by atoms with Gasteiger partial charge in [0.15, 0.2) is 0 Å². The number of rotatable bonds is 8. The van der Waals surface area contributed by atoms with Crippen molar-refractivity contribution >= 4 is 77.9 Å². The zero-order chi connectivity index (χ0) is 38.4. The van der Waals surface area contributed by atoms with E-state index in [1.807, 2.05) is 6.07 Å². The molecule has 11 rings (SSSR count). The van der Waals surface area contributed by atoms with E-state index in [4.69, 9.17) is 4.42 Å². The minimum atomic E-state index is 0.852. The summed E-state index contributed by atoms with van der Waals surface area (Å²) in [6.45, 7) is 0. The zero-order valence-electron chi connectivity index (χ0n) is 31.6. The summed E-state index contributed by atoms with van der Waals surface area (Å²) >= 11 is 0. The molecule has 0 saturated carbocycles. The highest BCUT2D eigenvalue weighted by Crippen LogP contribution is 2.46. The van der Waals surface area contributed by atoms with E-state index in [1.54, 1.807) is 0 Å². The highest BCUT2D eigenvalue weighted by atomic mass is 16.3. The number of para-hydroxylation sites is 5. The topological polar surface area (TPSA) is 24.6 Å². The fourth-order valence-electron chi connectivity index (χ4n) is 8.67. The van der Waals surface area contributed by atoms with Crippen molar-refractivity contribution in [2.45, 2.75) is 0 Å². The van der Waals surface area contributed by atoms with Gasteiger partial charge in [0.1, 0.15) is 11.2 Å². The first kappa shape index (κ1) is 33.5. The molecule has 0 spiro atoms. The fraction of sp³-hybridized carbons (Fsp3) is 0. The third-order valence-corrected chi connectivity index (χ3v) is 11.1. The molecule has 274 valence electrons. The van der Waals surface area contributed by atoms with Crippen LogP contribution >= 0.6 is 0 Å². The first-order valence-electron chi connectivity index (χ1n) is 19.7. The molecule has 0 bridgehead atoms. The van der Waals surface area contributed by atoms with E-state index in [1.165, 1.54) is 27.4 Å². The van der Waals surface area contributed by atoms with Crippen LogP contribution in [0.4, 0.5) is 34.1 Å². The molecule has 0 radical (unpaired) electrons. The summed E-state index contributed by atoms with van der Waals surface area (Å²) in [5.74, 6) is 0. The number of aromatic nitrogens is 1. The van der Waals surface area contributed by atoms with Gasteiger partial charge in [-0.2, -0.15) is 0 Å². The normalized spacial score (nSPS) is 11.4. The van der Waals surface area contributed by atoms with Crippen LogP contribution in [0, 0.1) is 0 Å². The monoisotopic (exact) mass is 743 g/mol. The Bertz CT molecular complexity index is 3200. The molecule has 2 heterocycles. The molecule has 0 aliphatic carbocycles. The summed E-state index contributed by atoms with van der Waals surface area (Å²) in [5, 5.41) is 4.62. The van der Waals surface area contributed by atoms with Crippen LogP contribution in [-0.2, 0) is 0 Å². The molecule has 0 amide bonds. The molecular formula is C54H37N3O. The lowest BCUT2D eigenvalue weighted by Crippen LogP contribution is -2.13. The standard InChI is InChI=1S/C54H37N3O/c1-4-19-39(20-5-1)55(40-21-6-2-7-22-40)43-26-15-27-44(37-43)56(50-33-17-35-52-54(50)47-29-11-13-34-51(47)58-52)42-25-14-18-38(36-42)45-30-16-32-49-53(45)46-28-10-12-31-48(46)57(49)41-23-8-3-9-24-41/h1-37H. The summed E-state index contributed by atoms with van der Waals surface area (Å²) in [5.41, 5.74) is 13.9. The minimum absolute atomic E-state index is 0.852. The molecule has 9 aromatic carbocycles. The molecule has 58 heavy (non-hydrogen) atoms. The van der Waals surface area contributed by atoms with Crippen molar-refractivity contribution in [2.24, 2.45) is 0 Å². The second-order valence-corrected chi connectivity index (χ2v) is 14.5. The predicted molar refractivity (Wildman–Crippen MR) is 243 cm³/mol. The predicted octanol–water partition coefficient (Wildman–Crippen LogP) is 15.3. The van der Waals surface area contributed by atoms with Crippen LogP contribution in [0.3, 0.4) is 0 Å². The first-order chi connectivity index (χ1) is 28.8. The maximum atomic E-state index is 6.48. The largest absolute Gasteiger partial charge is 0.456 e. The van der Waals surface area contributed by atoms with Gasteiger partial charge in [-0.05, 0) is 108 Å². The van der Waals surface area contributed by atoms with Gasteiger partial charge in [-0.25, -0.2) is 0 Å². The highest BCUT2D eigenvalue weighted by Gasteiger charge is 2.22. The van der Waals surface area contributed by atoms with E-state index in [2.05, 4.69) is 233 Å². The van der Waals surface area contributed by atoms with Crippen LogP contribution in [0.2, 0.25) is 0 Å². The minimum Gasteiger partial charge on any atom is -0.456 e. The SMILES string of the molecule is c1ccc(N(c2ccccc2)c2cccc(N(c3cccc(-c4cccc5c4c4ccccc4n5-c4ccccc4)c3)c3cccc4oc5ccccc5c34)c2)cc1. The summed E-state index contributed by atoms with van der Waals surface area (Å²) < 4.78 is 8.86. The molecule has 0 aliphatic heterocycles. The van der Waals surface area contributed by atoms with Crippen molar-refractivity contribution in [3.8, 4) is 16.8 Å². The molecule has 0 aliphatic rings. The van der Waals surface area contributed by atoms with E-state index in [0.717, 1.165) is 67.3 Å². The fourth-order valence-corrected chi connectivity index (χ4v) is 8.67. The maximum Gasteiger partial charge on any atom is 0.137 e. The van der Waals surface area contributed by atoms with Gasteiger partial charge in [0.05, 0.1) is 22.1 Å². The van der Waals surface area contributed by atoms with Crippen molar-refractivity contribution in [1.29, 1.82) is 0 Å². The van der Waals surface area contributed by atoms with Crippen molar-refractivity contribution in [1.82, 2.24) is 4.57 Å². The molecule has 0 N–H and O–H groups in total. The van der Waals surface area contributed by atoms with Crippen molar-refractivity contribution in [3.63, 3.8) is 0 Å². The molecule has 0 fully saturated rings. The third kappa shape index (κ3) is 5.62. The Kier molecular flexibility index (Phi) is 8.11. The smallest absolute Gasteiger partial charge is 0.137 e. The van der Waals surface area contributed by atoms with Gasteiger partial charge >= 0.3 is 0 Å². The van der Waals surface area contributed by atoms with Crippen molar-refractivity contribution in [2.75, 3.05) is 9.80 Å². The number of anilines is 6. The van der Waals surface area contributed by atoms with E-state index < -0.39 is 0 Å². The van der Waals surface area contributed by atoms with Crippen LogP contribution in [0.5, 0.6) is 0 Å². The van der Waals surface area contributed by atoms with Crippen LogP contribution < -0.4 is 9.80 Å². The quantitative estimate of drug-likeness (QED) is 0.155. The van der Waals surface area contributed by atoms with Gasteiger partial charge in [-0.3, -0.25) is 0 Å². The summed E-state index contributed by atoms with van der Waals surface area (Å²) in [6.07, 6.45) is 0. The summed E-state index contributed by atoms with van der Waals surface area (Å²) in [7, 11) is 0. The average Bonchev–Trinajstić information content (AvgIpc) is 3.85. The van der Waals surface area contributed by atoms with E-state index in [-0.39, 0.29) is 0 Å². The van der Waals surface area contributed by atoms with Crippen LogP contribution in [-0.4, -0.2) is 4.57 Å². The van der Waals surface area contributed by atoms with Gasteiger partial charge in [-0.1, -0.05) is 127 Å². The summed E-state index contributed by atoms with van der Waals surface area (Å²) in [6, 6.07) is 79.8. The Morgan fingerprint density at radius 1 is 0.345 bits per heavy atom. The Hall–Kier alpha value is -7.82. The second kappa shape index (κ2) is 14.0. The molecule has 0 unspecified atom stereocenters. The molecule has 0 saturated heterocycles. The Labute approximate surface area is 336 Å². The van der Waals surface area contributed by atoms with Gasteiger partial charge in [0, 0.05) is 50.3 Å². The molecule has 2 aromatic heterocycles. The lowest BCUT2D eigenvalue weighted by molar-refractivity contribution is 0.669. The second-order valence-electron chi connectivity index (χ2n) is 14.5. The number of fused-ring (bicyclic) bond motifs is 6. The van der Waals surface area contributed by atoms with Gasteiger partial charge < -0.3 is 18.8 Å². The number of furan rings is 1. The van der Waals surface area contributed by atoms with Crippen molar-refractivity contribution < 1.29 is 4.42 Å². The molecule has 11 aromatic rings. The Balaban J connectivity index is 1.14. The average molecular weight is 744 g/mol. The number of hydrogen-bond acceptors (Lipinski definition) is 3. The maximum absolute atomic E-state index is 6.48. The van der Waals surface area contributed by atoms with E-state index in [9.17, 15) is 0 Å². The lowest BCUT2D eigenvalue weighted by atomic mass is 9.98. The molecular weight excluding hydrogens is 707 g/mol. The third-order valence-electron chi connectivity index (χ3n) is 11.1. The van der Waals surface area contributed by atoms with E-state index >= 15 is 0 Å². The molecule has 4 nitrogen and oxygen atoms in total. The van der Waals surface area contributed by atoms with Crippen LogP contribution in [0.1, 0.15) is 0 Å². The van der Waals surface area contributed by atoms with Crippen LogP contribution in [0.25, 0.3) is 60.6 Å². The molecule has 4 heteroatoms. The molecule has 0 atom stereocenters. The Morgan fingerprint density at radius 2 is 0.879 bits per heavy atom. The lowest BCUT2D eigenvalue weighted by Gasteiger charge is -2.30. The van der Waals surface area contributed by atoms with Gasteiger partial charge in [0.2, 0.25) is 0 Å². The van der Waals surface area contributed by atoms with Crippen LogP contribution in [0.15, 0.2) is 229 Å². The number of benzene rings is 9. The van der Waals surface area contributed by atoms with Crippen molar-refractivity contribution in [3.05, 3.63) is 224 Å². The number of nitrogens with zero attached hydrogens (tertiary/aromatic N) is 3. The highest BCUT2D eigenvalue weighted by molar-refractivity contribution is 6.16.